The van der Waals surface area contributed by atoms with Crippen LogP contribution in [0.5, 0.6) is 5.75 Å². The van der Waals surface area contributed by atoms with Crippen molar-refractivity contribution >= 4 is 45.1 Å². The number of fused-ring (bicyclic) bond motifs is 2. The van der Waals surface area contributed by atoms with Crippen molar-refractivity contribution in [3.8, 4) is 28.8 Å². The molecule has 0 radical (unpaired) electrons. The lowest BCUT2D eigenvalue weighted by atomic mass is 9.90. The van der Waals surface area contributed by atoms with Gasteiger partial charge in [-0.1, -0.05) is 73.5 Å². The molecule has 20 heteroatoms. The summed E-state index contributed by atoms with van der Waals surface area (Å²) in [5.41, 5.74) is 5.62. The summed E-state index contributed by atoms with van der Waals surface area (Å²) in [5, 5.41) is 29.1. The minimum absolute atomic E-state index is 0.111. The zero-order valence-corrected chi connectivity index (χ0v) is 46.5. The molecule has 17 nitrogen and oxygen atoms in total. The molecule has 2 saturated heterocycles. The smallest absolute Gasteiger partial charge is 0.406 e. The van der Waals surface area contributed by atoms with E-state index in [2.05, 4.69) is 84.2 Å². The van der Waals surface area contributed by atoms with Gasteiger partial charge in [0.05, 0.1) is 67.9 Å². The number of halogens is 3. The number of methoxy groups -OCH3 is 1. The molecule has 2 amide bonds. The third-order valence-electron chi connectivity index (χ3n) is 15.6. The van der Waals surface area contributed by atoms with E-state index in [0.717, 1.165) is 68.8 Å². The summed E-state index contributed by atoms with van der Waals surface area (Å²) in [4.78, 5) is 48.0. The monoisotopic (exact) mass is 1110 g/mol. The predicted octanol–water partition coefficient (Wildman–Crippen LogP) is 7.77. The standard InChI is InChI=1S/C61H72F3N11O6/c1-42(44-10-6-5-7-11-44)21-28-73-31-25-60(79,26-32-73)39-74-41-68-55-56(59(74)78)70-71(3)57(55)45-17-15-43(16-18-45)38-67-54(76)24-34-81-35-33-72-29-22-47(23-30-72)69-50-13-8-14-52-49(50)37-48(75(52)40-61(62,63)64)12-9-27-66-51-20-19-46(58(77)65-2)36-53(51)80-4/h5-8,10-11,13-20,36-37,41-42,47,66,69,79H,21-35,38-40H2,1-4H3,(H,65,77)(H,67,76)/t42-/m1/s1. The van der Waals surface area contributed by atoms with Gasteiger partial charge in [-0.2, -0.15) is 18.3 Å². The minimum atomic E-state index is -4.46. The number of carbonyl (C=O) groups is 2. The first-order valence-electron chi connectivity index (χ1n) is 27.7. The van der Waals surface area contributed by atoms with E-state index in [1.807, 2.05) is 36.4 Å². The molecule has 5 heterocycles. The lowest BCUT2D eigenvalue weighted by Crippen LogP contribution is -2.48. The molecule has 3 aromatic heterocycles. The van der Waals surface area contributed by atoms with Crippen molar-refractivity contribution in [2.45, 2.75) is 88.8 Å². The van der Waals surface area contributed by atoms with Gasteiger partial charge in [-0.15, -0.1) is 0 Å². The summed E-state index contributed by atoms with van der Waals surface area (Å²) in [5.74, 6) is 6.39. The number of likely N-dealkylation sites (tertiary alicyclic amines) is 2. The van der Waals surface area contributed by atoms with Crippen LogP contribution in [0.25, 0.3) is 33.2 Å². The van der Waals surface area contributed by atoms with Gasteiger partial charge in [0.2, 0.25) is 5.91 Å². The number of carbonyl (C=O) groups excluding carboxylic acids is 2. The maximum Gasteiger partial charge on any atom is 0.406 e. The second-order valence-corrected chi connectivity index (χ2v) is 21.2. The van der Waals surface area contributed by atoms with Gasteiger partial charge in [-0.3, -0.25) is 23.6 Å². The van der Waals surface area contributed by atoms with E-state index in [4.69, 9.17) is 9.47 Å². The Morgan fingerprint density at radius 3 is 2.38 bits per heavy atom. The van der Waals surface area contributed by atoms with E-state index < -0.39 is 18.3 Å². The Kier molecular flexibility index (Phi) is 18.8. The molecule has 81 heavy (non-hydrogen) atoms. The first kappa shape index (κ1) is 58.0. The second-order valence-electron chi connectivity index (χ2n) is 21.2. The van der Waals surface area contributed by atoms with Crippen LogP contribution in [-0.4, -0.2) is 142 Å². The molecule has 2 aliphatic rings. The fourth-order valence-corrected chi connectivity index (χ4v) is 10.8. The lowest BCUT2D eigenvalue weighted by Gasteiger charge is -2.38. The number of alkyl halides is 3. The molecule has 1 atom stereocenters. The summed E-state index contributed by atoms with van der Waals surface area (Å²) in [6.07, 6.45) is 1.09. The van der Waals surface area contributed by atoms with Crippen molar-refractivity contribution in [1.29, 1.82) is 0 Å². The topological polar surface area (TPSA) is 185 Å². The Bertz CT molecular complexity index is 3410. The molecular formula is C61H72F3N11O6. The largest absolute Gasteiger partial charge is 0.495 e. The molecule has 7 aromatic rings. The highest BCUT2D eigenvalue weighted by Gasteiger charge is 2.34. The molecular weight excluding hydrogens is 1040 g/mol. The quantitative estimate of drug-likeness (QED) is 0.0329. The fourth-order valence-electron chi connectivity index (χ4n) is 10.8. The van der Waals surface area contributed by atoms with Crippen molar-refractivity contribution in [3.05, 3.63) is 136 Å². The zero-order chi connectivity index (χ0) is 57.1. The zero-order valence-electron chi connectivity index (χ0n) is 46.5. The van der Waals surface area contributed by atoms with Gasteiger partial charge in [-0.25, -0.2) is 4.98 Å². The second kappa shape index (κ2) is 26.3. The molecule has 2 aliphatic heterocycles. The van der Waals surface area contributed by atoms with Crippen molar-refractivity contribution in [2.24, 2.45) is 7.05 Å². The van der Waals surface area contributed by atoms with Crippen LogP contribution in [0.4, 0.5) is 24.5 Å². The number of amides is 2. The summed E-state index contributed by atoms with van der Waals surface area (Å²) < 4.78 is 57.4. The highest BCUT2D eigenvalue weighted by atomic mass is 19.4. The summed E-state index contributed by atoms with van der Waals surface area (Å²) in [6, 6.07) is 30.3. The number of ether oxygens (including phenoxy) is 2. The van der Waals surface area contributed by atoms with E-state index in [0.29, 0.717) is 77.6 Å². The molecule has 9 rings (SSSR count). The molecule has 5 N–H and O–H groups in total. The average molecular weight is 1110 g/mol. The summed E-state index contributed by atoms with van der Waals surface area (Å²) in [7, 11) is 4.80. The van der Waals surface area contributed by atoms with Gasteiger partial charge in [0.25, 0.3) is 11.5 Å². The molecule has 0 unspecified atom stereocenters. The predicted molar refractivity (Wildman–Crippen MR) is 308 cm³/mol. The summed E-state index contributed by atoms with van der Waals surface area (Å²) >= 11 is 0. The average Bonchev–Trinajstić information content (AvgIpc) is 4.24. The van der Waals surface area contributed by atoms with Gasteiger partial charge in [-0.05, 0) is 98.0 Å². The van der Waals surface area contributed by atoms with E-state index in [1.165, 1.54) is 35.2 Å². The highest BCUT2D eigenvalue weighted by molar-refractivity contribution is 5.95. The van der Waals surface area contributed by atoms with Crippen molar-refractivity contribution < 1.29 is 37.3 Å². The Morgan fingerprint density at radius 1 is 0.901 bits per heavy atom. The third-order valence-corrected chi connectivity index (χ3v) is 15.6. The van der Waals surface area contributed by atoms with Crippen LogP contribution in [0.1, 0.15) is 78.5 Å². The van der Waals surface area contributed by atoms with Crippen LogP contribution in [0.15, 0.2) is 108 Å². The number of benzene rings is 4. The van der Waals surface area contributed by atoms with Crippen LogP contribution in [0.2, 0.25) is 0 Å². The van der Waals surface area contributed by atoms with Gasteiger partial charge in [0.15, 0.2) is 5.52 Å². The summed E-state index contributed by atoms with van der Waals surface area (Å²) in [6.45, 7) is 7.23. The number of aromatic nitrogens is 5. The Morgan fingerprint density at radius 2 is 1.65 bits per heavy atom. The fraction of sp³-hybridized carbons (Fsp3) is 0.426. The number of aliphatic hydroxyl groups is 1. The molecule has 0 aliphatic carbocycles. The molecule has 0 spiro atoms. The van der Waals surface area contributed by atoms with Gasteiger partial charge < -0.3 is 50.2 Å². The molecule has 2 fully saturated rings. The Balaban J connectivity index is 0.688. The van der Waals surface area contributed by atoms with Crippen LogP contribution in [-0.2, 0) is 36.2 Å². The number of piperidine rings is 2. The van der Waals surface area contributed by atoms with Crippen LogP contribution in [0, 0.1) is 11.8 Å². The molecule has 428 valence electrons. The number of anilines is 2. The van der Waals surface area contributed by atoms with Gasteiger partial charge in [0, 0.05) is 88.0 Å². The number of aryl methyl sites for hydroxylation is 1. The third kappa shape index (κ3) is 14.8. The number of nitrogens with one attached hydrogen (secondary N) is 4. The van der Waals surface area contributed by atoms with E-state index in [-0.39, 0.29) is 60.7 Å². The number of hydrogen-bond donors (Lipinski definition) is 5. The van der Waals surface area contributed by atoms with Crippen LogP contribution in [0.3, 0.4) is 0 Å². The molecule has 0 saturated carbocycles. The number of nitrogens with zero attached hydrogens (tertiary/aromatic N) is 7. The first-order valence-corrected chi connectivity index (χ1v) is 27.7. The van der Waals surface area contributed by atoms with E-state index in [9.17, 15) is 32.7 Å². The highest BCUT2D eigenvalue weighted by Crippen LogP contribution is 2.33. The van der Waals surface area contributed by atoms with Crippen molar-refractivity contribution in [1.82, 2.24) is 44.3 Å². The van der Waals surface area contributed by atoms with E-state index >= 15 is 0 Å². The molecule has 0 bridgehead atoms. The lowest BCUT2D eigenvalue weighted by molar-refractivity contribution is -0.140. The minimum Gasteiger partial charge on any atom is -0.495 e. The van der Waals surface area contributed by atoms with E-state index in [1.54, 1.807) is 48.1 Å². The Hall–Kier alpha value is -7.70. The number of hydrogen-bond acceptors (Lipinski definition) is 12. The first-order chi connectivity index (χ1) is 39.1. The maximum absolute atomic E-state index is 13.9. The van der Waals surface area contributed by atoms with Gasteiger partial charge >= 0.3 is 6.18 Å². The normalized spacial score (nSPS) is 15.5. The van der Waals surface area contributed by atoms with Gasteiger partial charge in [0.1, 0.15) is 17.8 Å². The maximum atomic E-state index is 13.9. The van der Waals surface area contributed by atoms with Crippen LogP contribution < -0.4 is 31.6 Å². The molecule has 4 aromatic carbocycles. The number of rotatable bonds is 22. The SMILES string of the molecule is CNC(=O)c1ccc(NCC#Cc2cc3c(NC4CCN(CCOCCC(=O)NCc5ccc(-c6c7ncn(CC8(O)CCN(CC[C@@H](C)c9ccccc9)CC8)c(=O)c7nn6C)cc5)CC4)cccc3n2CC(F)(F)F)c(OC)c1. The van der Waals surface area contributed by atoms with Crippen molar-refractivity contribution in [3.63, 3.8) is 0 Å². The Labute approximate surface area is 469 Å². The van der Waals surface area contributed by atoms with Crippen LogP contribution >= 0.6 is 0 Å². The van der Waals surface area contributed by atoms with Crippen molar-refractivity contribution in [2.75, 3.05) is 83.8 Å².